The lowest BCUT2D eigenvalue weighted by atomic mass is 9.81. The molecule has 0 N–H and O–H groups in total. The molecule has 1 aromatic carbocycles. The van der Waals surface area contributed by atoms with Crippen molar-refractivity contribution in [3.8, 4) is 6.07 Å². The van der Waals surface area contributed by atoms with Gasteiger partial charge in [-0.1, -0.05) is 43.5 Å². The normalized spacial score (nSPS) is 17.7. The summed E-state index contributed by atoms with van der Waals surface area (Å²) in [7, 11) is 0. The first kappa shape index (κ1) is 12.2. The molecule has 1 fully saturated rings. The number of hydrogen-bond acceptors (Lipinski definition) is 1. The van der Waals surface area contributed by atoms with Gasteiger partial charge in [0.15, 0.2) is 0 Å². The summed E-state index contributed by atoms with van der Waals surface area (Å²) in [6, 6.07) is 11.1. The third-order valence-electron chi connectivity index (χ3n) is 3.99. The molecule has 1 nitrogen and oxygen atoms in total. The number of hydrogen-bond donors (Lipinski definition) is 0. The van der Waals surface area contributed by atoms with Crippen LogP contribution in [0, 0.1) is 11.3 Å². The van der Waals surface area contributed by atoms with Crippen LogP contribution in [-0.4, -0.2) is 0 Å². The van der Waals surface area contributed by atoms with E-state index in [4.69, 9.17) is 5.26 Å². The van der Waals surface area contributed by atoms with E-state index in [-0.39, 0.29) is 5.41 Å². The molecule has 0 aromatic heterocycles. The molecule has 1 aromatic rings. The Balaban J connectivity index is 2.15. The Morgan fingerprint density at radius 1 is 1.06 bits per heavy atom. The largest absolute Gasteiger partial charge is 0.197 e. The van der Waals surface area contributed by atoms with Crippen LogP contribution in [0.1, 0.15) is 63.0 Å². The van der Waals surface area contributed by atoms with E-state index in [1.807, 2.05) is 13.8 Å². The Labute approximate surface area is 104 Å². The molecule has 1 aliphatic carbocycles. The summed E-state index contributed by atoms with van der Waals surface area (Å²) in [5.74, 6) is 0.753. The Morgan fingerprint density at radius 2 is 1.65 bits per heavy atom. The molecule has 0 heterocycles. The highest BCUT2D eigenvalue weighted by molar-refractivity contribution is 5.34. The van der Waals surface area contributed by atoms with Crippen LogP contribution in [0.5, 0.6) is 0 Å². The first-order chi connectivity index (χ1) is 8.13. The van der Waals surface area contributed by atoms with Gasteiger partial charge in [0.2, 0.25) is 0 Å². The van der Waals surface area contributed by atoms with Crippen LogP contribution in [0.25, 0.3) is 0 Å². The van der Waals surface area contributed by atoms with E-state index in [0.717, 1.165) is 11.5 Å². The molecular formula is C16H21N. The molecule has 90 valence electrons. The van der Waals surface area contributed by atoms with Crippen molar-refractivity contribution in [3.05, 3.63) is 35.4 Å². The van der Waals surface area contributed by atoms with Gasteiger partial charge in [-0.3, -0.25) is 0 Å². The average Bonchev–Trinajstić information content (AvgIpc) is 2.40. The van der Waals surface area contributed by atoms with Crippen LogP contribution in [0.2, 0.25) is 0 Å². The van der Waals surface area contributed by atoms with Gasteiger partial charge in [0.05, 0.1) is 11.5 Å². The summed E-state index contributed by atoms with van der Waals surface area (Å²) in [4.78, 5) is 0. The van der Waals surface area contributed by atoms with E-state index in [1.54, 1.807) is 0 Å². The number of nitriles is 1. The van der Waals surface area contributed by atoms with E-state index in [9.17, 15) is 0 Å². The zero-order chi connectivity index (χ0) is 12.3. The van der Waals surface area contributed by atoms with Crippen LogP contribution in [0.3, 0.4) is 0 Å². The maximum Gasteiger partial charge on any atom is 0.0766 e. The summed E-state index contributed by atoms with van der Waals surface area (Å²) < 4.78 is 0. The second kappa shape index (κ2) is 4.92. The highest BCUT2D eigenvalue weighted by Gasteiger charge is 2.20. The molecule has 0 aliphatic heterocycles. The van der Waals surface area contributed by atoms with Gasteiger partial charge in [0, 0.05) is 0 Å². The second-order valence-corrected chi connectivity index (χ2v) is 5.69. The maximum atomic E-state index is 9.12. The Bertz CT molecular complexity index is 402. The molecule has 1 saturated carbocycles. The van der Waals surface area contributed by atoms with E-state index >= 15 is 0 Å². The quantitative estimate of drug-likeness (QED) is 0.728. The molecule has 0 atom stereocenters. The molecule has 0 bridgehead atoms. The lowest BCUT2D eigenvalue weighted by molar-refractivity contribution is 0.443. The van der Waals surface area contributed by atoms with Gasteiger partial charge in [-0.15, -0.1) is 0 Å². The zero-order valence-electron chi connectivity index (χ0n) is 10.9. The van der Waals surface area contributed by atoms with E-state index in [2.05, 4.69) is 30.3 Å². The fourth-order valence-corrected chi connectivity index (χ4v) is 2.67. The number of benzene rings is 1. The fraction of sp³-hybridized carbons (Fsp3) is 0.562. The molecule has 1 aliphatic rings. The summed E-state index contributed by atoms with van der Waals surface area (Å²) in [5, 5.41) is 9.12. The molecule has 0 spiro atoms. The van der Waals surface area contributed by atoms with Crippen molar-refractivity contribution in [1.82, 2.24) is 0 Å². The first-order valence-electron chi connectivity index (χ1n) is 6.65. The van der Waals surface area contributed by atoms with Crippen molar-refractivity contribution in [2.75, 3.05) is 0 Å². The number of rotatable bonds is 2. The van der Waals surface area contributed by atoms with Crippen molar-refractivity contribution in [2.24, 2.45) is 0 Å². The Kier molecular flexibility index (Phi) is 3.52. The molecule has 1 heteroatoms. The number of nitrogens with zero attached hydrogens (tertiary/aromatic N) is 1. The summed E-state index contributed by atoms with van der Waals surface area (Å²) in [6.07, 6.45) is 6.81. The van der Waals surface area contributed by atoms with Crippen molar-refractivity contribution in [3.63, 3.8) is 0 Å². The fourth-order valence-electron chi connectivity index (χ4n) is 2.67. The lowest BCUT2D eigenvalue weighted by Gasteiger charge is -2.23. The van der Waals surface area contributed by atoms with Crippen LogP contribution < -0.4 is 0 Å². The summed E-state index contributed by atoms with van der Waals surface area (Å²) in [5.41, 5.74) is 2.22. The van der Waals surface area contributed by atoms with Crippen molar-refractivity contribution in [2.45, 2.75) is 57.3 Å². The van der Waals surface area contributed by atoms with Gasteiger partial charge in [-0.25, -0.2) is 0 Å². The van der Waals surface area contributed by atoms with E-state index < -0.39 is 0 Å². The Hall–Kier alpha value is -1.29. The van der Waals surface area contributed by atoms with Crippen LogP contribution >= 0.6 is 0 Å². The standard InChI is InChI=1S/C16H21N/c1-16(2,12-17)15-10-8-14(9-11-15)13-6-4-3-5-7-13/h8-11,13H,3-7H2,1-2H3. The van der Waals surface area contributed by atoms with Crippen molar-refractivity contribution >= 4 is 0 Å². The minimum absolute atomic E-state index is 0.370. The minimum atomic E-state index is -0.370. The molecular weight excluding hydrogens is 206 g/mol. The molecule has 0 saturated heterocycles. The highest BCUT2D eigenvalue weighted by Crippen LogP contribution is 2.33. The molecule has 0 amide bonds. The van der Waals surface area contributed by atoms with E-state index in [0.29, 0.717) is 0 Å². The highest BCUT2D eigenvalue weighted by atomic mass is 14.3. The van der Waals surface area contributed by atoms with Crippen LogP contribution in [0.4, 0.5) is 0 Å². The van der Waals surface area contributed by atoms with Gasteiger partial charge in [0.25, 0.3) is 0 Å². The molecule has 0 unspecified atom stereocenters. The molecule has 0 radical (unpaired) electrons. The van der Waals surface area contributed by atoms with Gasteiger partial charge in [-0.05, 0) is 43.7 Å². The molecule has 2 rings (SSSR count). The van der Waals surface area contributed by atoms with Gasteiger partial charge in [-0.2, -0.15) is 5.26 Å². The summed E-state index contributed by atoms with van der Waals surface area (Å²) >= 11 is 0. The van der Waals surface area contributed by atoms with E-state index in [1.165, 1.54) is 37.7 Å². The predicted octanol–water partition coefficient (Wildman–Crippen LogP) is 4.54. The van der Waals surface area contributed by atoms with Gasteiger partial charge < -0.3 is 0 Å². The Morgan fingerprint density at radius 3 is 2.18 bits per heavy atom. The van der Waals surface area contributed by atoms with Crippen LogP contribution in [0.15, 0.2) is 24.3 Å². The molecule has 17 heavy (non-hydrogen) atoms. The van der Waals surface area contributed by atoms with Crippen LogP contribution in [-0.2, 0) is 5.41 Å². The lowest BCUT2D eigenvalue weighted by Crippen LogP contribution is -2.14. The van der Waals surface area contributed by atoms with Gasteiger partial charge >= 0.3 is 0 Å². The van der Waals surface area contributed by atoms with Crippen molar-refractivity contribution in [1.29, 1.82) is 5.26 Å². The monoisotopic (exact) mass is 227 g/mol. The first-order valence-corrected chi connectivity index (χ1v) is 6.65. The zero-order valence-corrected chi connectivity index (χ0v) is 10.9. The summed E-state index contributed by atoms with van der Waals surface area (Å²) in [6.45, 7) is 3.95. The maximum absolute atomic E-state index is 9.12. The second-order valence-electron chi connectivity index (χ2n) is 5.69. The predicted molar refractivity (Wildman–Crippen MR) is 70.9 cm³/mol. The smallest absolute Gasteiger partial charge is 0.0766 e. The third kappa shape index (κ3) is 2.69. The van der Waals surface area contributed by atoms with Crippen molar-refractivity contribution < 1.29 is 0 Å². The topological polar surface area (TPSA) is 23.8 Å². The SMILES string of the molecule is CC(C)(C#N)c1ccc(C2CCCCC2)cc1. The van der Waals surface area contributed by atoms with Gasteiger partial charge in [0.1, 0.15) is 0 Å². The third-order valence-corrected chi connectivity index (χ3v) is 3.99. The minimum Gasteiger partial charge on any atom is -0.197 e. The average molecular weight is 227 g/mol.